The van der Waals surface area contributed by atoms with E-state index in [1.807, 2.05) is 37.3 Å². The highest BCUT2D eigenvalue weighted by Crippen LogP contribution is 2.38. The third-order valence-corrected chi connectivity index (χ3v) is 4.55. The van der Waals surface area contributed by atoms with Crippen LogP contribution in [0.1, 0.15) is 5.56 Å². The molecule has 1 heterocycles. The number of hydrogen-bond donors (Lipinski definition) is 2. The van der Waals surface area contributed by atoms with Crippen molar-refractivity contribution in [1.82, 2.24) is 4.98 Å². The molecule has 0 radical (unpaired) electrons. The largest absolute Gasteiger partial charge is 0.468 e. The lowest BCUT2D eigenvalue weighted by atomic mass is 9.96. The van der Waals surface area contributed by atoms with Crippen molar-refractivity contribution >= 4 is 32.4 Å². The average Bonchev–Trinajstić information content (AvgIpc) is 2.57. The second-order valence-corrected chi connectivity index (χ2v) is 6.30. The molecule has 0 bridgehead atoms. The van der Waals surface area contributed by atoms with Crippen LogP contribution in [0.15, 0.2) is 45.8 Å². The van der Waals surface area contributed by atoms with E-state index in [4.69, 9.17) is 15.2 Å². The van der Waals surface area contributed by atoms with Gasteiger partial charge in [-0.05, 0) is 42.3 Å². The molecule has 5 nitrogen and oxygen atoms in total. The highest BCUT2D eigenvalue weighted by molar-refractivity contribution is 9.10. The predicted octanol–water partition coefficient (Wildman–Crippen LogP) is 3.83. The Hall–Kier alpha value is -2.31. The van der Waals surface area contributed by atoms with Gasteiger partial charge in [0, 0.05) is 28.7 Å². The zero-order chi connectivity index (χ0) is 17.3. The maximum atomic E-state index is 12.2. The van der Waals surface area contributed by atoms with Gasteiger partial charge in [0.05, 0.1) is 11.1 Å². The summed E-state index contributed by atoms with van der Waals surface area (Å²) in [5.41, 5.74) is 9.29. The van der Waals surface area contributed by atoms with E-state index >= 15 is 0 Å². The number of nitrogens with two attached hydrogens (primary N) is 1. The molecule has 0 atom stereocenters. The third-order valence-electron chi connectivity index (χ3n) is 3.89. The number of aryl methyl sites for hydroxylation is 1. The molecule has 124 valence electrons. The molecule has 0 aliphatic carbocycles. The van der Waals surface area contributed by atoms with E-state index in [9.17, 15) is 4.79 Å². The van der Waals surface area contributed by atoms with Gasteiger partial charge in [-0.2, -0.15) is 0 Å². The van der Waals surface area contributed by atoms with Crippen molar-refractivity contribution in [2.75, 3.05) is 19.6 Å². The zero-order valence-electron chi connectivity index (χ0n) is 13.4. The van der Waals surface area contributed by atoms with Crippen LogP contribution >= 0.6 is 15.9 Å². The molecule has 0 unspecified atom stereocenters. The summed E-state index contributed by atoms with van der Waals surface area (Å²) in [5.74, 6) is 0.676. The lowest BCUT2D eigenvalue weighted by Gasteiger charge is -2.14. The summed E-state index contributed by atoms with van der Waals surface area (Å²) in [6, 6.07) is 9.48. The molecule has 0 spiro atoms. The number of aromatic nitrogens is 1. The van der Waals surface area contributed by atoms with E-state index in [2.05, 4.69) is 20.9 Å². The van der Waals surface area contributed by atoms with Gasteiger partial charge in [0.1, 0.15) is 5.75 Å². The molecule has 6 heteroatoms. The number of anilines is 1. The Kier molecular flexibility index (Phi) is 4.59. The molecular weight excluding hydrogens is 372 g/mol. The maximum Gasteiger partial charge on any atom is 0.257 e. The van der Waals surface area contributed by atoms with Gasteiger partial charge in [-0.25, -0.2) is 0 Å². The number of H-pyrrole nitrogens is 1. The van der Waals surface area contributed by atoms with E-state index in [1.54, 1.807) is 13.3 Å². The van der Waals surface area contributed by atoms with Crippen molar-refractivity contribution in [2.24, 2.45) is 0 Å². The summed E-state index contributed by atoms with van der Waals surface area (Å²) < 4.78 is 11.3. The molecule has 24 heavy (non-hydrogen) atoms. The number of nitrogen functional groups attached to an aromatic ring is 1. The number of aromatic amines is 1. The van der Waals surface area contributed by atoms with Gasteiger partial charge in [0.15, 0.2) is 6.79 Å². The highest BCUT2D eigenvalue weighted by atomic mass is 79.9. The Morgan fingerprint density at radius 3 is 2.75 bits per heavy atom. The van der Waals surface area contributed by atoms with Crippen LogP contribution in [0, 0.1) is 6.92 Å². The monoisotopic (exact) mass is 388 g/mol. The number of fused-ring (bicyclic) bond motifs is 1. The van der Waals surface area contributed by atoms with E-state index in [0.717, 1.165) is 26.5 Å². The first-order valence-electron chi connectivity index (χ1n) is 7.35. The van der Waals surface area contributed by atoms with Gasteiger partial charge in [-0.15, -0.1) is 0 Å². The molecule has 0 amide bonds. The molecule has 0 aliphatic heterocycles. The Morgan fingerprint density at radius 1 is 1.21 bits per heavy atom. The SMILES string of the molecule is COCOc1ccc(C)c(-c2cc(Br)c3cc[nH]c(=O)c3c2N)c1. The van der Waals surface area contributed by atoms with Crippen molar-refractivity contribution in [2.45, 2.75) is 6.92 Å². The van der Waals surface area contributed by atoms with Gasteiger partial charge < -0.3 is 20.2 Å². The van der Waals surface area contributed by atoms with Crippen LogP contribution in [0.2, 0.25) is 0 Å². The van der Waals surface area contributed by atoms with Gasteiger partial charge in [0.2, 0.25) is 0 Å². The molecule has 2 aromatic carbocycles. The fourth-order valence-electron chi connectivity index (χ4n) is 2.69. The number of methoxy groups -OCH3 is 1. The van der Waals surface area contributed by atoms with E-state index in [-0.39, 0.29) is 12.4 Å². The molecule has 1 aromatic heterocycles. The number of halogens is 1. The van der Waals surface area contributed by atoms with Crippen LogP contribution < -0.4 is 16.0 Å². The van der Waals surface area contributed by atoms with Crippen LogP contribution in [-0.2, 0) is 4.74 Å². The van der Waals surface area contributed by atoms with Gasteiger partial charge >= 0.3 is 0 Å². The number of hydrogen-bond acceptors (Lipinski definition) is 4. The minimum atomic E-state index is -0.211. The second kappa shape index (κ2) is 6.67. The number of nitrogens with one attached hydrogen (secondary N) is 1. The quantitative estimate of drug-likeness (QED) is 0.525. The first kappa shape index (κ1) is 16.5. The topological polar surface area (TPSA) is 77.3 Å². The number of rotatable bonds is 4. The minimum absolute atomic E-state index is 0.166. The number of pyridine rings is 1. The molecule has 3 aromatic rings. The lowest BCUT2D eigenvalue weighted by molar-refractivity contribution is 0.0511. The summed E-state index contributed by atoms with van der Waals surface area (Å²) in [4.78, 5) is 14.9. The standard InChI is InChI=1S/C18H17BrN2O3/c1-10-3-4-11(24-9-23-2)7-13(10)14-8-15(19)12-5-6-21-18(22)16(12)17(14)20/h3-8H,9,20H2,1-2H3,(H,21,22). The first-order chi connectivity index (χ1) is 11.5. The Labute approximate surface area is 147 Å². The summed E-state index contributed by atoms with van der Waals surface area (Å²) >= 11 is 3.54. The summed E-state index contributed by atoms with van der Waals surface area (Å²) in [6.07, 6.45) is 1.61. The number of benzene rings is 2. The van der Waals surface area contributed by atoms with Crippen LogP contribution in [0.5, 0.6) is 5.75 Å². The van der Waals surface area contributed by atoms with Crippen LogP contribution in [0.4, 0.5) is 5.69 Å². The fraction of sp³-hybridized carbons (Fsp3) is 0.167. The predicted molar refractivity (Wildman–Crippen MR) is 99.4 cm³/mol. The van der Waals surface area contributed by atoms with Crippen molar-refractivity contribution in [3.05, 3.63) is 56.9 Å². The first-order valence-corrected chi connectivity index (χ1v) is 8.14. The summed E-state index contributed by atoms with van der Waals surface area (Å²) in [5, 5.41) is 1.26. The van der Waals surface area contributed by atoms with E-state index < -0.39 is 0 Å². The van der Waals surface area contributed by atoms with Gasteiger partial charge in [-0.1, -0.05) is 22.0 Å². The fourth-order valence-corrected chi connectivity index (χ4v) is 3.25. The van der Waals surface area contributed by atoms with E-state index in [0.29, 0.717) is 16.8 Å². The second-order valence-electron chi connectivity index (χ2n) is 5.44. The average molecular weight is 389 g/mol. The third kappa shape index (κ3) is 2.90. The normalized spacial score (nSPS) is 11.0. The van der Waals surface area contributed by atoms with Crippen LogP contribution in [0.25, 0.3) is 21.9 Å². The van der Waals surface area contributed by atoms with Gasteiger partial charge in [0.25, 0.3) is 5.56 Å². The van der Waals surface area contributed by atoms with Crippen LogP contribution in [0.3, 0.4) is 0 Å². The Morgan fingerprint density at radius 2 is 2.00 bits per heavy atom. The van der Waals surface area contributed by atoms with Crippen molar-refractivity contribution in [3.8, 4) is 16.9 Å². The molecule has 0 saturated carbocycles. The smallest absolute Gasteiger partial charge is 0.257 e. The van der Waals surface area contributed by atoms with Crippen molar-refractivity contribution in [1.29, 1.82) is 0 Å². The Balaban J connectivity index is 2.25. The van der Waals surface area contributed by atoms with Crippen LogP contribution in [-0.4, -0.2) is 18.9 Å². The molecule has 3 N–H and O–H groups in total. The Bertz CT molecular complexity index is 966. The maximum absolute atomic E-state index is 12.2. The lowest BCUT2D eigenvalue weighted by Crippen LogP contribution is -2.08. The molecular formula is C18H17BrN2O3. The number of ether oxygens (including phenoxy) is 2. The molecule has 0 fully saturated rings. The van der Waals surface area contributed by atoms with E-state index in [1.165, 1.54) is 0 Å². The highest BCUT2D eigenvalue weighted by Gasteiger charge is 2.15. The molecule has 3 rings (SSSR count). The molecule has 0 aliphatic rings. The zero-order valence-corrected chi connectivity index (χ0v) is 14.9. The van der Waals surface area contributed by atoms with Crippen molar-refractivity contribution in [3.63, 3.8) is 0 Å². The summed E-state index contributed by atoms with van der Waals surface area (Å²) in [6.45, 7) is 2.15. The molecule has 0 saturated heterocycles. The minimum Gasteiger partial charge on any atom is -0.468 e. The summed E-state index contributed by atoms with van der Waals surface area (Å²) in [7, 11) is 1.57. The van der Waals surface area contributed by atoms with Gasteiger partial charge in [-0.3, -0.25) is 4.79 Å². The van der Waals surface area contributed by atoms with Crippen molar-refractivity contribution < 1.29 is 9.47 Å².